The fourth-order valence-corrected chi connectivity index (χ4v) is 3.22. The zero-order valence-electron chi connectivity index (χ0n) is 15.9. The molecule has 1 fully saturated rings. The molecule has 1 aromatic rings. The van der Waals surface area contributed by atoms with E-state index in [2.05, 4.69) is 0 Å². The molecular formula is C19H28FNO4S. The third-order valence-electron chi connectivity index (χ3n) is 4.20. The van der Waals surface area contributed by atoms with Gasteiger partial charge in [0.05, 0.1) is 6.26 Å². The first-order valence-corrected chi connectivity index (χ1v) is 10.6. The van der Waals surface area contributed by atoms with E-state index in [1.54, 1.807) is 23.3 Å². The third kappa shape index (κ3) is 6.36. The summed E-state index contributed by atoms with van der Waals surface area (Å²) >= 11 is -0.928. The Balaban J connectivity index is 1.89. The van der Waals surface area contributed by atoms with Gasteiger partial charge in [-0.3, -0.25) is 0 Å². The van der Waals surface area contributed by atoms with Gasteiger partial charge < -0.3 is 18.9 Å². The molecule has 5 nitrogen and oxygen atoms in total. The lowest BCUT2D eigenvalue weighted by Gasteiger charge is -2.33. The largest absolute Gasteiger partial charge is 0.616 e. The van der Waals surface area contributed by atoms with Gasteiger partial charge >= 0.3 is 6.09 Å². The molecule has 0 saturated carbocycles. The summed E-state index contributed by atoms with van der Waals surface area (Å²) < 4.78 is 36.3. The van der Waals surface area contributed by atoms with E-state index in [9.17, 15) is 13.7 Å². The highest BCUT2D eigenvalue weighted by atomic mass is 32.2. The van der Waals surface area contributed by atoms with Crippen LogP contribution in [-0.4, -0.2) is 52.9 Å². The Bertz CT molecular complexity index is 610. The van der Waals surface area contributed by atoms with Crippen LogP contribution in [0.1, 0.15) is 45.1 Å². The fourth-order valence-electron chi connectivity index (χ4n) is 2.91. The van der Waals surface area contributed by atoms with Crippen LogP contribution in [0.3, 0.4) is 0 Å². The highest BCUT2D eigenvalue weighted by Crippen LogP contribution is 2.32. The molecule has 1 aliphatic heterocycles. The standard InChI is InChI=1S/C19H28FNO4S/c1-19(2,3)25-18(22)21-9-7-14(8-10-21)16-6-5-15(13-17(16)20)24-11-12-26(4)23/h5-6,13-14H,7-12H2,1-4H3. The molecule has 2 rings (SSSR count). The van der Waals surface area contributed by atoms with Crippen LogP contribution >= 0.6 is 0 Å². The average Bonchev–Trinajstić information content (AvgIpc) is 2.53. The van der Waals surface area contributed by atoms with Crippen LogP contribution in [0.4, 0.5) is 9.18 Å². The monoisotopic (exact) mass is 385 g/mol. The predicted molar refractivity (Wildman–Crippen MR) is 101 cm³/mol. The van der Waals surface area contributed by atoms with Crippen LogP contribution in [0.25, 0.3) is 0 Å². The minimum absolute atomic E-state index is 0.0749. The van der Waals surface area contributed by atoms with Gasteiger partial charge in [0, 0.05) is 19.2 Å². The molecule has 1 heterocycles. The number of carbonyl (C=O) groups excluding carboxylic acids is 1. The minimum atomic E-state index is -0.928. The SMILES string of the molecule is C[S+]([O-])CCOc1ccc(C2CCN(C(=O)OC(C)(C)C)CC2)c(F)c1. The smallest absolute Gasteiger partial charge is 0.410 e. The Kier molecular flexibility index (Phi) is 7.17. The van der Waals surface area contributed by atoms with E-state index in [0.717, 1.165) is 0 Å². The van der Waals surface area contributed by atoms with E-state index in [0.29, 0.717) is 49.6 Å². The molecule has 26 heavy (non-hydrogen) atoms. The maximum absolute atomic E-state index is 14.5. The number of piperidine rings is 1. The number of ether oxygens (including phenoxy) is 2. The molecule has 1 saturated heterocycles. The van der Waals surface area contributed by atoms with Crippen molar-refractivity contribution in [2.45, 2.75) is 45.1 Å². The number of amides is 1. The van der Waals surface area contributed by atoms with E-state index >= 15 is 0 Å². The van der Waals surface area contributed by atoms with Crippen LogP contribution in [0.15, 0.2) is 18.2 Å². The Morgan fingerprint density at radius 3 is 2.54 bits per heavy atom. The normalized spacial score (nSPS) is 17.1. The summed E-state index contributed by atoms with van der Waals surface area (Å²) in [5, 5.41) is 0. The number of halogens is 1. The molecule has 146 valence electrons. The molecule has 1 atom stereocenters. The van der Waals surface area contributed by atoms with E-state index in [4.69, 9.17) is 9.47 Å². The van der Waals surface area contributed by atoms with Crippen molar-refractivity contribution >= 4 is 17.3 Å². The topological polar surface area (TPSA) is 61.8 Å². The van der Waals surface area contributed by atoms with E-state index < -0.39 is 16.8 Å². The van der Waals surface area contributed by atoms with Gasteiger partial charge in [-0.05, 0) is 51.2 Å². The molecule has 0 bridgehead atoms. The Hall–Kier alpha value is -1.47. The molecule has 0 aromatic heterocycles. The van der Waals surface area contributed by atoms with Gasteiger partial charge in [-0.25, -0.2) is 9.18 Å². The van der Waals surface area contributed by atoms with Crippen molar-refractivity contribution in [1.82, 2.24) is 4.90 Å². The quantitative estimate of drug-likeness (QED) is 0.725. The Labute approximate surface area is 158 Å². The van der Waals surface area contributed by atoms with Crippen molar-refractivity contribution in [3.8, 4) is 5.75 Å². The Morgan fingerprint density at radius 2 is 2.00 bits per heavy atom. The van der Waals surface area contributed by atoms with Crippen LogP contribution in [-0.2, 0) is 15.9 Å². The van der Waals surface area contributed by atoms with E-state index in [1.807, 2.05) is 20.8 Å². The highest BCUT2D eigenvalue weighted by Gasteiger charge is 2.28. The summed E-state index contributed by atoms with van der Waals surface area (Å²) in [5.41, 5.74) is 0.139. The number of rotatable bonds is 5. The van der Waals surface area contributed by atoms with Crippen LogP contribution in [0.2, 0.25) is 0 Å². The lowest BCUT2D eigenvalue weighted by molar-refractivity contribution is 0.0204. The number of hydrogen-bond acceptors (Lipinski definition) is 4. The van der Waals surface area contributed by atoms with Gasteiger partial charge in [0.25, 0.3) is 0 Å². The van der Waals surface area contributed by atoms with Crippen LogP contribution in [0, 0.1) is 5.82 Å². The predicted octanol–water partition coefficient (Wildman–Crippen LogP) is 3.70. The second-order valence-electron chi connectivity index (χ2n) is 7.55. The van der Waals surface area contributed by atoms with Gasteiger partial charge in [-0.1, -0.05) is 17.2 Å². The van der Waals surface area contributed by atoms with Crippen molar-refractivity contribution in [2.75, 3.05) is 31.7 Å². The summed E-state index contributed by atoms with van der Waals surface area (Å²) in [5.74, 6) is 0.650. The number of benzene rings is 1. The molecule has 1 unspecified atom stereocenters. The summed E-state index contributed by atoms with van der Waals surface area (Å²) in [4.78, 5) is 13.8. The van der Waals surface area contributed by atoms with Gasteiger partial charge in [0.2, 0.25) is 0 Å². The zero-order chi connectivity index (χ0) is 19.3. The molecule has 0 aliphatic carbocycles. The second-order valence-corrected chi connectivity index (χ2v) is 9.11. The van der Waals surface area contributed by atoms with Gasteiger partial charge in [-0.2, -0.15) is 0 Å². The van der Waals surface area contributed by atoms with Crippen LogP contribution in [0.5, 0.6) is 5.75 Å². The summed E-state index contributed by atoms with van der Waals surface area (Å²) in [6.07, 6.45) is 2.70. The molecule has 1 amide bonds. The van der Waals surface area contributed by atoms with E-state index in [1.165, 1.54) is 6.07 Å². The van der Waals surface area contributed by atoms with Crippen molar-refractivity contribution in [1.29, 1.82) is 0 Å². The minimum Gasteiger partial charge on any atom is -0.616 e. The first kappa shape index (κ1) is 20.8. The number of carbonyl (C=O) groups is 1. The lowest BCUT2D eigenvalue weighted by atomic mass is 9.89. The first-order chi connectivity index (χ1) is 12.2. The van der Waals surface area contributed by atoms with Crippen LogP contribution < -0.4 is 4.74 Å². The number of likely N-dealkylation sites (tertiary alicyclic amines) is 1. The van der Waals surface area contributed by atoms with Crippen molar-refractivity contribution in [3.05, 3.63) is 29.6 Å². The number of hydrogen-bond donors (Lipinski definition) is 0. The molecule has 7 heteroatoms. The van der Waals surface area contributed by atoms with Gasteiger partial charge in [-0.15, -0.1) is 0 Å². The summed E-state index contributed by atoms with van der Waals surface area (Å²) in [6.45, 7) is 6.94. The third-order valence-corrected chi connectivity index (χ3v) is 4.94. The van der Waals surface area contributed by atoms with Crippen molar-refractivity contribution < 1.29 is 23.2 Å². The Morgan fingerprint density at radius 1 is 1.35 bits per heavy atom. The first-order valence-electron chi connectivity index (χ1n) is 8.86. The maximum atomic E-state index is 14.5. The molecule has 1 aliphatic rings. The van der Waals surface area contributed by atoms with Crippen molar-refractivity contribution in [3.63, 3.8) is 0 Å². The molecular weight excluding hydrogens is 357 g/mol. The lowest BCUT2D eigenvalue weighted by Crippen LogP contribution is -2.41. The summed E-state index contributed by atoms with van der Waals surface area (Å²) in [7, 11) is 0. The number of nitrogens with zero attached hydrogens (tertiary/aromatic N) is 1. The zero-order valence-corrected chi connectivity index (χ0v) is 16.7. The van der Waals surface area contributed by atoms with Gasteiger partial charge in [0.15, 0.2) is 0 Å². The molecule has 1 aromatic carbocycles. The summed E-state index contributed by atoms with van der Waals surface area (Å²) in [6, 6.07) is 4.88. The molecule has 0 N–H and O–H groups in total. The highest BCUT2D eigenvalue weighted by molar-refractivity contribution is 7.90. The maximum Gasteiger partial charge on any atom is 0.410 e. The second kappa shape index (κ2) is 8.95. The van der Waals surface area contributed by atoms with E-state index in [-0.39, 0.29) is 17.8 Å². The van der Waals surface area contributed by atoms with Gasteiger partial charge in [0.1, 0.15) is 29.5 Å². The average molecular weight is 386 g/mol. The molecule has 0 spiro atoms. The van der Waals surface area contributed by atoms with Crippen molar-refractivity contribution in [2.24, 2.45) is 0 Å². The fraction of sp³-hybridized carbons (Fsp3) is 0.632. The molecule has 0 radical (unpaired) electrons.